The predicted octanol–water partition coefficient (Wildman–Crippen LogP) is -5.24. The lowest BCUT2D eigenvalue weighted by atomic mass is 9.98. The van der Waals surface area contributed by atoms with Crippen LogP contribution < -0.4 is 86.7 Å². The van der Waals surface area contributed by atoms with Gasteiger partial charge in [-0.2, -0.15) is 0 Å². The third-order valence-corrected chi connectivity index (χ3v) is 14.9. The number of nitrogens with two attached hydrogens (primary N) is 4. The van der Waals surface area contributed by atoms with E-state index in [0.29, 0.717) is 5.56 Å². The molecule has 13 amide bonds. The van der Waals surface area contributed by atoms with Crippen LogP contribution in [0.5, 0.6) is 5.75 Å². The maximum Gasteiger partial charge on any atom is 0.326 e. The van der Waals surface area contributed by atoms with Gasteiger partial charge in [0.1, 0.15) is 72.2 Å². The molecule has 0 unspecified atom stereocenters. The van der Waals surface area contributed by atoms with Crippen LogP contribution in [0.25, 0.3) is 0 Å². The number of nitrogens with one attached hydrogen (secondary N) is 12. The number of aliphatic carboxylic acids is 4. The fourth-order valence-corrected chi connectivity index (χ4v) is 9.78. The van der Waals surface area contributed by atoms with Gasteiger partial charge in [-0.05, 0) is 100 Å². The van der Waals surface area contributed by atoms with Gasteiger partial charge in [-0.3, -0.25) is 81.7 Å². The Morgan fingerprint density at radius 1 is 0.398 bits per heavy atom. The summed E-state index contributed by atoms with van der Waals surface area (Å²) in [7, 11) is 0. The molecule has 12 atom stereocenters. The number of phenols is 1. The van der Waals surface area contributed by atoms with Crippen LogP contribution in [0.4, 0.5) is 0 Å². The smallest absolute Gasteiger partial charge is 0.326 e. The van der Waals surface area contributed by atoms with Crippen molar-refractivity contribution in [2.45, 2.75) is 219 Å². The van der Waals surface area contributed by atoms with Crippen LogP contribution in [0.3, 0.4) is 0 Å². The highest BCUT2D eigenvalue weighted by atomic mass is 16.4. The van der Waals surface area contributed by atoms with E-state index in [2.05, 4.69) is 58.2 Å². The van der Waals surface area contributed by atoms with E-state index in [-0.39, 0.29) is 86.9 Å². The summed E-state index contributed by atoms with van der Waals surface area (Å²) in [6.45, 7) is 15.3. The van der Waals surface area contributed by atoms with Gasteiger partial charge in [0.2, 0.25) is 76.8 Å². The molecule has 39 heteroatoms. The van der Waals surface area contributed by atoms with Crippen LogP contribution in [-0.4, -0.2) is 218 Å². The molecule has 0 radical (unpaired) electrons. The third-order valence-electron chi connectivity index (χ3n) is 14.9. The summed E-state index contributed by atoms with van der Waals surface area (Å²) in [5.41, 5.74) is 22.4. The molecular formula is C64H103N17O22. The first-order valence-electron chi connectivity index (χ1n) is 33.3. The standard InChI is InChI=1S/C64H103N17O22/c1-29(2)20-39(57(96)74-37(12-11-19-69-64(67)68)55(94)71-34(10)53(92)73-38(17-18-47(66)83)56(95)80-45(26-50(87)88)62(101)81-46(63(102)103)27-51(89)90)72-48(84)28-70-54(93)44(25-49(85)86)79-60(99)42(23-32(7)8)76-59(98)41(22-31(5)6)77-61(100)43(24-35-13-15-36(82)16-14-35)78-58(97)40(21-30(3)4)75-52(91)33(9)65/h13-16,29-34,37-46,82H,11-12,17-28,65H2,1-10H3,(H2,66,83)(H,70,93)(H,71,94)(H,72,84)(H,73,92)(H,74,96)(H,75,91)(H,76,98)(H,77,100)(H,78,97)(H,79,99)(H,80,95)(H,81,101)(H,85,86)(H,87,88)(H,89,90)(H,102,103)(H4,67,68,69)/t33-,34-,37-,38-,39-,40-,41-,42-,43-,44-,45-,46-/m0/s1. The second-order valence-electron chi connectivity index (χ2n) is 26.4. The van der Waals surface area contributed by atoms with Crippen LogP contribution in [0.2, 0.25) is 0 Å². The lowest BCUT2D eigenvalue weighted by Crippen LogP contribution is -2.60. The number of guanidine groups is 1. The Morgan fingerprint density at radius 3 is 1.16 bits per heavy atom. The highest BCUT2D eigenvalue weighted by molar-refractivity contribution is 6.00. The summed E-state index contributed by atoms with van der Waals surface area (Å²) < 4.78 is 0. The zero-order valence-electron chi connectivity index (χ0n) is 59.4. The fourth-order valence-electron chi connectivity index (χ4n) is 9.78. The lowest BCUT2D eigenvalue weighted by molar-refractivity contribution is -0.148. The Bertz CT molecular complexity index is 3180. The highest BCUT2D eigenvalue weighted by Gasteiger charge is 2.37. The number of rotatable bonds is 48. The summed E-state index contributed by atoms with van der Waals surface area (Å²) in [6.07, 6.45) is -5.10. The van der Waals surface area contributed by atoms with Crippen LogP contribution in [0, 0.1) is 23.7 Å². The first-order chi connectivity index (χ1) is 47.9. The number of hydrogen-bond donors (Lipinski definition) is 21. The van der Waals surface area contributed by atoms with E-state index in [1.54, 1.807) is 41.5 Å². The molecule has 0 saturated carbocycles. The minimum atomic E-state index is -2.08. The zero-order valence-corrected chi connectivity index (χ0v) is 59.4. The van der Waals surface area contributed by atoms with Gasteiger partial charge in [0, 0.05) is 19.4 Å². The number of carbonyl (C=O) groups excluding carboxylic acids is 13. The van der Waals surface area contributed by atoms with Crippen molar-refractivity contribution >= 4 is 107 Å². The average Bonchev–Trinajstić information content (AvgIpc) is 0.859. The highest BCUT2D eigenvalue weighted by Crippen LogP contribution is 2.16. The molecule has 1 aromatic carbocycles. The van der Waals surface area contributed by atoms with E-state index < -0.39 is 212 Å². The Morgan fingerprint density at radius 2 is 0.738 bits per heavy atom. The largest absolute Gasteiger partial charge is 0.508 e. The molecule has 0 saturated heterocycles. The molecule has 1 aromatic rings. The van der Waals surface area contributed by atoms with Crippen LogP contribution in [0.1, 0.15) is 145 Å². The zero-order chi connectivity index (χ0) is 78.7. The number of carboxylic acids is 4. The van der Waals surface area contributed by atoms with Crippen molar-refractivity contribution in [3.63, 3.8) is 0 Å². The van der Waals surface area contributed by atoms with E-state index in [1.165, 1.54) is 31.2 Å². The minimum Gasteiger partial charge on any atom is -0.508 e. The topological polar surface area (TPSA) is 652 Å². The van der Waals surface area contributed by atoms with Crippen molar-refractivity contribution in [2.24, 2.45) is 51.6 Å². The first-order valence-corrected chi connectivity index (χ1v) is 33.3. The molecular weight excluding hydrogens is 1360 g/mol. The predicted molar refractivity (Wildman–Crippen MR) is 366 cm³/mol. The number of phenolic OH excluding ortho intramolecular Hbond substituents is 1. The van der Waals surface area contributed by atoms with Crippen molar-refractivity contribution in [3.8, 4) is 5.75 Å². The van der Waals surface area contributed by atoms with E-state index in [0.717, 1.165) is 6.92 Å². The number of benzene rings is 1. The molecule has 0 heterocycles. The molecule has 103 heavy (non-hydrogen) atoms. The maximum atomic E-state index is 14.3. The molecule has 0 aliphatic carbocycles. The van der Waals surface area contributed by atoms with E-state index in [9.17, 15) is 102 Å². The normalized spacial score (nSPS) is 14.6. The third kappa shape index (κ3) is 36.9. The van der Waals surface area contributed by atoms with Crippen molar-refractivity contribution in [1.29, 1.82) is 0 Å². The minimum absolute atomic E-state index is 0.00414. The van der Waals surface area contributed by atoms with Crippen molar-refractivity contribution in [1.82, 2.24) is 63.8 Å². The SMILES string of the molecule is CC(C)C[C@H](NC(=O)CNC(=O)[C@H](CC(=O)O)NC(=O)[C@H](CC(C)C)NC(=O)[C@H](CC(C)C)NC(=O)[C@H](Cc1ccc(O)cc1)NC(=O)[C@H](CC(C)C)NC(=O)[C@H](C)N)C(=O)N[C@@H](CCCN=C(N)N)C(=O)N[C@@H](C)C(=O)N[C@@H](CCC(N)=O)C(=O)N[C@@H](CC(=O)O)C(=O)N[C@@H](CC(=O)O)C(=O)O. The molecule has 0 bridgehead atoms. The molecule has 0 aromatic heterocycles. The Kier molecular flexibility index (Phi) is 39.6. The molecule has 39 nitrogen and oxygen atoms in total. The van der Waals surface area contributed by atoms with Crippen molar-refractivity contribution in [2.75, 3.05) is 13.1 Å². The number of amides is 13. The van der Waals surface area contributed by atoms with E-state index in [4.69, 9.17) is 28.0 Å². The molecule has 0 aliphatic heterocycles. The van der Waals surface area contributed by atoms with Crippen LogP contribution >= 0.6 is 0 Å². The first kappa shape index (κ1) is 90.3. The Balaban J connectivity index is 3.50. The van der Waals surface area contributed by atoms with Gasteiger partial charge < -0.3 is 112 Å². The number of primary amides is 1. The number of aliphatic imine (C=N–C) groups is 1. The second kappa shape index (κ2) is 45.2. The van der Waals surface area contributed by atoms with Gasteiger partial charge in [-0.15, -0.1) is 0 Å². The summed E-state index contributed by atoms with van der Waals surface area (Å²) in [6, 6.07) is -13.2. The number of carbonyl (C=O) groups is 17. The fraction of sp³-hybridized carbons (Fsp3) is 0.625. The summed E-state index contributed by atoms with van der Waals surface area (Å²) >= 11 is 0. The number of carboxylic acid groups (broad SMARTS) is 4. The number of aromatic hydroxyl groups is 1. The van der Waals surface area contributed by atoms with Gasteiger partial charge in [-0.25, -0.2) is 4.79 Å². The van der Waals surface area contributed by atoms with Gasteiger partial charge in [0.25, 0.3) is 0 Å². The van der Waals surface area contributed by atoms with Crippen LogP contribution in [-0.2, 0) is 87.9 Å². The molecule has 0 fully saturated rings. The van der Waals surface area contributed by atoms with Crippen LogP contribution in [0.15, 0.2) is 29.3 Å². The summed E-state index contributed by atoms with van der Waals surface area (Å²) in [5.74, 6) is -21.7. The van der Waals surface area contributed by atoms with Gasteiger partial charge in [0.05, 0.1) is 31.8 Å². The Hall–Kier alpha value is -10.8. The van der Waals surface area contributed by atoms with Crippen molar-refractivity contribution < 1.29 is 107 Å². The molecule has 0 aliphatic rings. The molecule has 576 valence electrons. The molecule has 1 rings (SSSR count). The molecule has 25 N–H and O–H groups in total. The van der Waals surface area contributed by atoms with Gasteiger partial charge in [0.15, 0.2) is 5.96 Å². The number of nitrogens with zero attached hydrogens (tertiary/aromatic N) is 1. The van der Waals surface area contributed by atoms with Gasteiger partial charge in [-0.1, -0.05) is 67.5 Å². The summed E-state index contributed by atoms with van der Waals surface area (Å²) in [5, 5.41) is 76.2. The second-order valence-corrected chi connectivity index (χ2v) is 26.4. The quantitative estimate of drug-likeness (QED) is 0.0165. The van der Waals surface area contributed by atoms with E-state index >= 15 is 0 Å². The lowest BCUT2D eigenvalue weighted by Gasteiger charge is -2.28. The van der Waals surface area contributed by atoms with Gasteiger partial charge >= 0.3 is 23.9 Å². The molecule has 0 spiro atoms. The van der Waals surface area contributed by atoms with E-state index in [1.807, 2.05) is 24.5 Å². The summed E-state index contributed by atoms with van der Waals surface area (Å²) in [4.78, 5) is 228. The number of hydrogen-bond acceptors (Lipinski definition) is 20. The maximum absolute atomic E-state index is 14.3. The monoisotopic (exact) mass is 1460 g/mol. The Labute approximate surface area is 594 Å². The average molecular weight is 1460 g/mol. The van der Waals surface area contributed by atoms with Crippen molar-refractivity contribution in [3.05, 3.63) is 29.8 Å².